The highest BCUT2D eigenvalue weighted by atomic mass is 19.1. The van der Waals surface area contributed by atoms with Crippen LogP contribution in [0.1, 0.15) is 32.4 Å². The molecule has 8 nitrogen and oxygen atoms in total. The molecule has 9 heteroatoms. The fourth-order valence-electron chi connectivity index (χ4n) is 2.64. The molecule has 0 aromatic carbocycles. The summed E-state index contributed by atoms with van der Waals surface area (Å²) in [4.78, 5) is 27.6. The number of aromatic nitrogens is 2. The normalized spacial score (nSPS) is 28.7. The van der Waals surface area contributed by atoms with Crippen molar-refractivity contribution in [3.05, 3.63) is 35.4 Å². The summed E-state index contributed by atoms with van der Waals surface area (Å²) in [5, 5.41) is 21.5. The highest BCUT2D eigenvalue weighted by Gasteiger charge is 2.55. The molecular weight excluding hydrogens is 333 g/mol. The molecule has 0 bridgehead atoms. The van der Waals surface area contributed by atoms with Gasteiger partial charge in [0.2, 0.25) is 5.91 Å². The van der Waals surface area contributed by atoms with Gasteiger partial charge in [-0.2, -0.15) is 4.98 Å². The molecule has 2 heterocycles. The van der Waals surface area contributed by atoms with Crippen LogP contribution < -0.4 is 11.0 Å². The van der Waals surface area contributed by atoms with Crippen molar-refractivity contribution in [3.8, 4) is 0 Å². The Morgan fingerprint density at radius 2 is 2.36 bits per heavy atom. The fourth-order valence-corrected chi connectivity index (χ4v) is 2.64. The van der Waals surface area contributed by atoms with Gasteiger partial charge in [0.05, 0.1) is 6.61 Å². The van der Waals surface area contributed by atoms with Gasteiger partial charge in [0.15, 0.2) is 11.9 Å². The molecule has 1 aliphatic heterocycles. The molecule has 138 valence electrons. The van der Waals surface area contributed by atoms with E-state index in [2.05, 4.69) is 16.9 Å². The molecule has 0 radical (unpaired) electrons. The van der Waals surface area contributed by atoms with Crippen molar-refractivity contribution in [2.24, 2.45) is 0 Å². The van der Waals surface area contributed by atoms with Gasteiger partial charge in [0.1, 0.15) is 18.0 Å². The van der Waals surface area contributed by atoms with Crippen LogP contribution in [0.4, 0.5) is 10.2 Å². The van der Waals surface area contributed by atoms with Gasteiger partial charge >= 0.3 is 5.69 Å². The van der Waals surface area contributed by atoms with Gasteiger partial charge in [-0.05, 0) is 25.8 Å². The largest absolute Gasteiger partial charge is 0.394 e. The molecule has 1 aromatic heterocycles. The van der Waals surface area contributed by atoms with Crippen LogP contribution in [-0.2, 0) is 9.53 Å². The average Bonchev–Trinajstić information content (AvgIpc) is 2.78. The van der Waals surface area contributed by atoms with E-state index in [0.29, 0.717) is 12.8 Å². The summed E-state index contributed by atoms with van der Waals surface area (Å²) in [6.45, 7) is 4.06. The second-order valence-corrected chi connectivity index (χ2v) is 6.04. The Balaban J connectivity index is 2.13. The highest BCUT2D eigenvalue weighted by Crippen LogP contribution is 2.40. The van der Waals surface area contributed by atoms with Crippen molar-refractivity contribution < 1.29 is 24.1 Å². The second-order valence-electron chi connectivity index (χ2n) is 6.04. The summed E-state index contributed by atoms with van der Waals surface area (Å²) in [7, 11) is 0. The monoisotopic (exact) mass is 355 g/mol. The maximum Gasteiger partial charge on any atom is 0.351 e. The van der Waals surface area contributed by atoms with Crippen LogP contribution in [0.5, 0.6) is 0 Å². The number of hydrogen-bond donors (Lipinski definition) is 3. The number of carbonyl (C=O) groups excluding carboxylic acids is 1. The number of hydrogen-bond acceptors (Lipinski definition) is 6. The number of nitrogens with zero attached hydrogens (tertiary/aromatic N) is 2. The van der Waals surface area contributed by atoms with Crippen LogP contribution >= 0.6 is 0 Å². The first kappa shape index (κ1) is 19.2. The lowest BCUT2D eigenvalue weighted by Crippen LogP contribution is -2.42. The first-order chi connectivity index (χ1) is 11.8. The third kappa shape index (κ3) is 4.12. The van der Waals surface area contributed by atoms with E-state index >= 15 is 0 Å². The molecule has 0 saturated carbocycles. The summed E-state index contributed by atoms with van der Waals surface area (Å²) in [6.07, 6.45) is 0.357. The lowest BCUT2D eigenvalue weighted by molar-refractivity contribution is -0.116. The molecule has 2 rings (SSSR count). The van der Waals surface area contributed by atoms with Crippen LogP contribution in [-0.4, -0.2) is 50.2 Å². The highest BCUT2D eigenvalue weighted by molar-refractivity contribution is 5.89. The summed E-state index contributed by atoms with van der Waals surface area (Å²) >= 11 is 0. The predicted molar refractivity (Wildman–Crippen MR) is 87.7 cm³/mol. The second kappa shape index (κ2) is 7.85. The number of aliphatic hydroxyl groups is 2. The van der Waals surface area contributed by atoms with Crippen molar-refractivity contribution in [3.63, 3.8) is 0 Å². The molecule has 1 amide bonds. The average molecular weight is 355 g/mol. The van der Waals surface area contributed by atoms with Crippen LogP contribution in [0.15, 0.2) is 29.7 Å². The van der Waals surface area contributed by atoms with Crippen LogP contribution in [0, 0.1) is 0 Å². The maximum absolute atomic E-state index is 14.7. The topological polar surface area (TPSA) is 114 Å². The van der Waals surface area contributed by atoms with E-state index in [0.717, 1.165) is 11.5 Å². The van der Waals surface area contributed by atoms with Crippen LogP contribution in [0.2, 0.25) is 0 Å². The smallest absolute Gasteiger partial charge is 0.351 e. The number of anilines is 1. The van der Waals surface area contributed by atoms with E-state index in [1.165, 1.54) is 12.3 Å². The number of carbonyl (C=O) groups is 1. The van der Waals surface area contributed by atoms with Gasteiger partial charge in [-0.1, -0.05) is 6.08 Å². The first-order valence-corrected chi connectivity index (χ1v) is 7.94. The molecule has 1 unspecified atom stereocenters. The Bertz CT molecular complexity index is 691. The standard InChI is InChI=1S/C16H22FN3O5/c1-3-4-5-6-12(22)18-11-7-8-20(15(24)19-11)14-16(2,17)13(23)10(9-21)25-14/h3,7-8,10,13-14,21,23H,1,4-6,9H2,2H3,(H,18,19,22,24)/t10-,13?,14-,16+/m1/s1. The van der Waals surface area contributed by atoms with Crippen molar-refractivity contribution in [1.29, 1.82) is 0 Å². The molecule has 1 saturated heterocycles. The molecule has 1 aromatic rings. The predicted octanol–water partition coefficient (Wildman–Crippen LogP) is 0.517. The molecule has 0 spiro atoms. The fraction of sp³-hybridized carbons (Fsp3) is 0.562. The summed E-state index contributed by atoms with van der Waals surface area (Å²) < 4.78 is 20.8. The number of halogens is 1. The van der Waals surface area contributed by atoms with Crippen molar-refractivity contribution in [2.45, 2.75) is 50.3 Å². The van der Waals surface area contributed by atoms with Crippen molar-refractivity contribution in [1.82, 2.24) is 9.55 Å². The molecule has 25 heavy (non-hydrogen) atoms. The number of aliphatic hydroxyl groups excluding tert-OH is 2. The SMILES string of the molecule is C=CCCCC(=O)Nc1ccn([C@@H]2O[C@H](CO)C(O)[C@]2(C)F)c(=O)n1. The number of alkyl halides is 1. The molecule has 4 atom stereocenters. The molecule has 0 aliphatic carbocycles. The number of rotatable bonds is 7. The van der Waals surface area contributed by atoms with Gasteiger partial charge in [-0.3, -0.25) is 9.36 Å². The minimum atomic E-state index is -2.28. The minimum Gasteiger partial charge on any atom is -0.394 e. The lowest BCUT2D eigenvalue weighted by atomic mass is 9.98. The first-order valence-electron chi connectivity index (χ1n) is 7.94. The van der Waals surface area contributed by atoms with E-state index in [4.69, 9.17) is 9.84 Å². The van der Waals surface area contributed by atoms with Gasteiger partial charge in [0, 0.05) is 12.6 Å². The number of ether oxygens (including phenoxy) is 1. The Hall–Kier alpha value is -2.10. The van der Waals surface area contributed by atoms with E-state index in [-0.39, 0.29) is 18.1 Å². The third-order valence-corrected chi connectivity index (χ3v) is 4.06. The number of amides is 1. The zero-order valence-electron chi connectivity index (χ0n) is 13.9. The van der Waals surface area contributed by atoms with Crippen molar-refractivity contribution >= 4 is 11.7 Å². The Morgan fingerprint density at radius 1 is 1.64 bits per heavy atom. The Labute approximate surface area is 144 Å². The van der Waals surface area contributed by atoms with Gasteiger partial charge in [-0.15, -0.1) is 6.58 Å². The van der Waals surface area contributed by atoms with Crippen LogP contribution in [0.3, 0.4) is 0 Å². The van der Waals surface area contributed by atoms with E-state index in [9.17, 15) is 19.1 Å². The Morgan fingerprint density at radius 3 is 2.92 bits per heavy atom. The van der Waals surface area contributed by atoms with Crippen LogP contribution in [0.25, 0.3) is 0 Å². The Kier molecular flexibility index (Phi) is 6.04. The van der Waals surface area contributed by atoms with Gasteiger partial charge in [0.25, 0.3) is 0 Å². The molecule has 3 N–H and O–H groups in total. The zero-order chi connectivity index (χ0) is 18.6. The summed E-state index contributed by atoms with van der Waals surface area (Å²) in [6, 6.07) is 1.34. The molecule has 1 fully saturated rings. The molecule has 1 aliphatic rings. The number of nitrogens with one attached hydrogen (secondary N) is 1. The quantitative estimate of drug-likeness (QED) is 0.485. The van der Waals surface area contributed by atoms with Gasteiger partial charge in [-0.25, -0.2) is 9.18 Å². The summed E-state index contributed by atoms with van der Waals surface area (Å²) in [5.74, 6) is -0.252. The van der Waals surface area contributed by atoms with E-state index < -0.39 is 36.4 Å². The maximum atomic E-state index is 14.7. The van der Waals surface area contributed by atoms with Crippen molar-refractivity contribution in [2.75, 3.05) is 11.9 Å². The number of unbranched alkanes of at least 4 members (excludes halogenated alkanes) is 1. The summed E-state index contributed by atoms with van der Waals surface area (Å²) in [5.41, 5.74) is -3.13. The lowest BCUT2D eigenvalue weighted by Gasteiger charge is -2.24. The zero-order valence-corrected chi connectivity index (χ0v) is 13.9. The van der Waals surface area contributed by atoms with E-state index in [1.54, 1.807) is 6.08 Å². The van der Waals surface area contributed by atoms with E-state index in [1.807, 2.05) is 0 Å². The van der Waals surface area contributed by atoms with Gasteiger partial charge < -0.3 is 20.3 Å². The third-order valence-electron chi connectivity index (χ3n) is 4.06. The minimum absolute atomic E-state index is 0.0441. The number of allylic oxidation sites excluding steroid dienone is 1. The molecular formula is C16H22FN3O5.